The Bertz CT molecular complexity index is 344. The number of amides is 1. The average molecular weight is 238 g/mol. The number of hydrogen-bond acceptors (Lipinski definition) is 3. The lowest BCUT2D eigenvalue weighted by molar-refractivity contribution is -0.131. The van der Waals surface area contributed by atoms with Gasteiger partial charge in [-0.05, 0) is 20.4 Å². The summed E-state index contributed by atoms with van der Waals surface area (Å²) in [6.45, 7) is 6.83. The van der Waals surface area contributed by atoms with Crippen molar-refractivity contribution in [3.8, 4) is 0 Å². The molecule has 0 saturated heterocycles. The van der Waals surface area contributed by atoms with Crippen LogP contribution in [0.15, 0.2) is 12.5 Å². The van der Waals surface area contributed by atoms with E-state index >= 15 is 0 Å². The molecule has 0 unspecified atom stereocenters. The number of carbonyl (C=O) groups excluding carboxylic acids is 1. The van der Waals surface area contributed by atoms with Gasteiger partial charge < -0.3 is 15.2 Å². The molecule has 0 aliphatic heterocycles. The normalized spacial score (nSPS) is 10.5. The first-order chi connectivity index (χ1) is 8.22. The quantitative estimate of drug-likeness (QED) is 0.758. The molecule has 0 radical (unpaired) electrons. The fourth-order valence-corrected chi connectivity index (χ4v) is 1.86. The van der Waals surface area contributed by atoms with Gasteiger partial charge in [0.2, 0.25) is 5.91 Å². The van der Waals surface area contributed by atoms with Gasteiger partial charge in [-0.15, -0.1) is 0 Å². The van der Waals surface area contributed by atoms with Crippen molar-refractivity contribution < 1.29 is 4.79 Å². The van der Waals surface area contributed by atoms with Crippen molar-refractivity contribution in [2.24, 2.45) is 5.73 Å². The van der Waals surface area contributed by atoms with Crippen molar-refractivity contribution in [2.75, 3.05) is 19.6 Å². The van der Waals surface area contributed by atoms with Crippen LogP contribution in [0.5, 0.6) is 0 Å². The van der Waals surface area contributed by atoms with Gasteiger partial charge in [-0.3, -0.25) is 4.79 Å². The highest BCUT2D eigenvalue weighted by Crippen LogP contribution is 2.03. The molecule has 0 atom stereocenters. The van der Waals surface area contributed by atoms with Crippen LogP contribution in [0, 0.1) is 0 Å². The molecule has 2 N–H and O–H groups in total. The van der Waals surface area contributed by atoms with Gasteiger partial charge in [0.15, 0.2) is 0 Å². The smallest absolute Gasteiger partial charge is 0.224 e. The number of aryl methyl sites for hydroxylation is 1. The number of rotatable bonds is 7. The first-order valence-electron chi connectivity index (χ1n) is 6.19. The molecule has 5 heteroatoms. The van der Waals surface area contributed by atoms with Crippen LogP contribution in [0.25, 0.3) is 0 Å². The Balaban J connectivity index is 2.49. The molecular weight excluding hydrogens is 216 g/mol. The van der Waals surface area contributed by atoms with Crippen LogP contribution in [-0.2, 0) is 17.8 Å². The monoisotopic (exact) mass is 238 g/mol. The molecule has 0 aliphatic carbocycles. The molecule has 1 aromatic rings. The summed E-state index contributed by atoms with van der Waals surface area (Å²) in [6.07, 6.45) is 4.91. The van der Waals surface area contributed by atoms with Gasteiger partial charge in [0.1, 0.15) is 0 Å². The standard InChI is InChI=1S/C12H22N4O/c1-3-15(4-2)12(17)6-8-16-10-14-9-11(16)5-7-13/h9-10H,3-8,13H2,1-2H3. The van der Waals surface area contributed by atoms with Crippen molar-refractivity contribution in [3.63, 3.8) is 0 Å². The number of aromatic nitrogens is 2. The Labute approximate surface area is 103 Å². The zero-order chi connectivity index (χ0) is 12.7. The molecule has 0 spiro atoms. The minimum Gasteiger partial charge on any atom is -0.343 e. The topological polar surface area (TPSA) is 64.2 Å². The molecule has 96 valence electrons. The highest BCUT2D eigenvalue weighted by Gasteiger charge is 2.10. The van der Waals surface area contributed by atoms with Crippen LogP contribution >= 0.6 is 0 Å². The number of nitrogens with two attached hydrogens (primary N) is 1. The lowest BCUT2D eigenvalue weighted by Crippen LogP contribution is -2.31. The van der Waals surface area contributed by atoms with E-state index in [4.69, 9.17) is 5.73 Å². The van der Waals surface area contributed by atoms with E-state index in [1.165, 1.54) is 0 Å². The molecule has 0 aromatic carbocycles. The van der Waals surface area contributed by atoms with E-state index < -0.39 is 0 Å². The van der Waals surface area contributed by atoms with Gasteiger partial charge in [-0.25, -0.2) is 4.98 Å². The second-order valence-corrected chi connectivity index (χ2v) is 3.93. The van der Waals surface area contributed by atoms with Crippen molar-refractivity contribution in [2.45, 2.75) is 33.2 Å². The van der Waals surface area contributed by atoms with Crippen LogP contribution in [0.4, 0.5) is 0 Å². The lowest BCUT2D eigenvalue weighted by atomic mass is 10.3. The Hall–Kier alpha value is -1.36. The summed E-state index contributed by atoms with van der Waals surface area (Å²) in [5.41, 5.74) is 6.62. The van der Waals surface area contributed by atoms with Crippen LogP contribution in [0.1, 0.15) is 26.0 Å². The first kappa shape index (κ1) is 13.7. The fraction of sp³-hybridized carbons (Fsp3) is 0.667. The molecule has 5 nitrogen and oxygen atoms in total. The summed E-state index contributed by atoms with van der Waals surface area (Å²) in [7, 11) is 0. The van der Waals surface area contributed by atoms with E-state index in [1.54, 1.807) is 6.33 Å². The van der Waals surface area contributed by atoms with Crippen LogP contribution < -0.4 is 5.73 Å². The lowest BCUT2D eigenvalue weighted by Gasteiger charge is -2.18. The molecule has 1 amide bonds. The average Bonchev–Trinajstić information content (AvgIpc) is 2.76. The van der Waals surface area contributed by atoms with Crippen LogP contribution in [0.2, 0.25) is 0 Å². The predicted octanol–water partition coefficient (Wildman–Crippen LogP) is 0.643. The van der Waals surface area contributed by atoms with Crippen molar-refractivity contribution in [1.29, 1.82) is 0 Å². The van der Waals surface area contributed by atoms with Crippen LogP contribution in [0.3, 0.4) is 0 Å². The van der Waals surface area contributed by atoms with Crippen molar-refractivity contribution in [3.05, 3.63) is 18.2 Å². The summed E-state index contributed by atoms with van der Waals surface area (Å²) in [6, 6.07) is 0. The SMILES string of the molecule is CCN(CC)C(=O)CCn1cncc1CCN. The molecule has 1 heterocycles. The molecule has 1 aromatic heterocycles. The van der Waals surface area contributed by atoms with E-state index in [-0.39, 0.29) is 5.91 Å². The molecule has 0 bridgehead atoms. The molecule has 0 fully saturated rings. The zero-order valence-electron chi connectivity index (χ0n) is 10.7. The van der Waals surface area contributed by atoms with Gasteiger partial charge in [0.25, 0.3) is 0 Å². The van der Waals surface area contributed by atoms with Crippen molar-refractivity contribution in [1.82, 2.24) is 14.5 Å². The molecule has 1 rings (SSSR count). The van der Waals surface area contributed by atoms with Gasteiger partial charge >= 0.3 is 0 Å². The van der Waals surface area contributed by atoms with Gasteiger partial charge in [-0.1, -0.05) is 0 Å². The summed E-state index contributed by atoms with van der Waals surface area (Å²) in [5, 5.41) is 0. The Morgan fingerprint density at radius 3 is 2.76 bits per heavy atom. The third kappa shape index (κ3) is 3.85. The number of nitrogens with zero attached hydrogens (tertiary/aromatic N) is 3. The predicted molar refractivity (Wildman–Crippen MR) is 67.5 cm³/mol. The molecule has 0 saturated carbocycles. The zero-order valence-corrected chi connectivity index (χ0v) is 10.7. The highest BCUT2D eigenvalue weighted by molar-refractivity contribution is 5.76. The van der Waals surface area contributed by atoms with Gasteiger partial charge in [0, 0.05) is 44.4 Å². The molecular formula is C12H22N4O. The highest BCUT2D eigenvalue weighted by atomic mass is 16.2. The minimum atomic E-state index is 0.197. The molecule has 0 aliphatic rings. The van der Waals surface area contributed by atoms with Crippen LogP contribution in [-0.4, -0.2) is 40.0 Å². The second-order valence-electron chi connectivity index (χ2n) is 3.93. The largest absolute Gasteiger partial charge is 0.343 e. The maximum absolute atomic E-state index is 11.8. The molecule has 17 heavy (non-hydrogen) atoms. The number of carbonyl (C=O) groups is 1. The van der Waals surface area contributed by atoms with E-state index in [9.17, 15) is 4.79 Å². The van der Waals surface area contributed by atoms with E-state index in [1.807, 2.05) is 29.5 Å². The maximum Gasteiger partial charge on any atom is 0.224 e. The number of imidazole rings is 1. The van der Waals surface area contributed by atoms with Crippen molar-refractivity contribution >= 4 is 5.91 Å². The third-order valence-electron chi connectivity index (χ3n) is 2.88. The second kappa shape index (κ2) is 7.06. The summed E-state index contributed by atoms with van der Waals surface area (Å²) < 4.78 is 2.01. The van der Waals surface area contributed by atoms with Gasteiger partial charge in [-0.2, -0.15) is 0 Å². The van der Waals surface area contributed by atoms with E-state index in [0.717, 1.165) is 25.2 Å². The first-order valence-corrected chi connectivity index (χ1v) is 6.19. The van der Waals surface area contributed by atoms with E-state index in [2.05, 4.69) is 4.98 Å². The summed E-state index contributed by atoms with van der Waals surface area (Å²) in [4.78, 5) is 17.8. The number of hydrogen-bond donors (Lipinski definition) is 1. The Kier molecular flexibility index (Phi) is 5.69. The fourth-order valence-electron chi connectivity index (χ4n) is 1.86. The van der Waals surface area contributed by atoms with Gasteiger partial charge in [0.05, 0.1) is 6.33 Å². The Morgan fingerprint density at radius 2 is 2.18 bits per heavy atom. The summed E-state index contributed by atoms with van der Waals surface area (Å²) in [5.74, 6) is 0.197. The van der Waals surface area contributed by atoms with E-state index in [0.29, 0.717) is 19.5 Å². The maximum atomic E-state index is 11.8. The minimum absolute atomic E-state index is 0.197. The third-order valence-corrected chi connectivity index (χ3v) is 2.88. The Morgan fingerprint density at radius 1 is 1.47 bits per heavy atom. The summed E-state index contributed by atoms with van der Waals surface area (Å²) >= 11 is 0.